The number of carbonyl (C=O) groups excluding carboxylic acids is 2. The van der Waals surface area contributed by atoms with Crippen LogP contribution in [0.15, 0.2) is 36.4 Å². The lowest BCUT2D eigenvalue weighted by atomic mass is 10.2. The lowest BCUT2D eigenvalue weighted by Gasteiger charge is -2.13. The molecule has 0 saturated heterocycles. The zero-order valence-corrected chi connectivity index (χ0v) is 11.5. The molecule has 2 rings (SSSR count). The van der Waals surface area contributed by atoms with Crippen LogP contribution in [-0.2, 0) is 4.79 Å². The molecule has 0 saturated carbocycles. The number of hydrogen-bond donors (Lipinski definition) is 2. The smallest absolute Gasteiger partial charge is 0.270 e. The summed E-state index contributed by atoms with van der Waals surface area (Å²) in [6, 6.07) is 10.5. The van der Waals surface area contributed by atoms with Crippen LogP contribution < -0.4 is 10.6 Å². The second-order valence-electron chi connectivity index (χ2n) is 4.48. The van der Waals surface area contributed by atoms with Crippen LogP contribution in [-0.4, -0.2) is 29.4 Å². The Kier molecular flexibility index (Phi) is 4.30. The van der Waals surface area contributed by atoms with Crippen molar-refractivity contribution in [3.05, 3.63) is 42.1 Å². The average Bonchev–Trinajstić information content (AvgIpc) is 2.46. The van der Waals surface area contributed by atoms with E-state index >= 15 is 0 Å². The Morgan fingerprint density at radius 2 is 1.95 bits per heavy atom. The molecule has 1 atom stereocenters. The first-order valence-electron chi connectivity index (χ1n) is 6.56. The molecule has 0 bridgehead atoms. The number of benzene rings is 1. The normalized spacial score (nSPS) is 11.9. The van der Waals surface area contributed by atoms with Crippen LogP contribution in [0.25, 0.3) is 10.9 Å². The Hall–Kier alpha value is -2.43. The fourth-order valence-electron chi connectivity index (χ4n) is 1.86. The number of likely N-dealkylation sites (N-methyl/N-ethyl adjacent to an activating group) is 1. The van der Waals surface area contributed by atoms with Gasteiger partial charge in [0.2, 0.25) is 5.91 Å². The maximum absolute atomic E-state index is 12.1. The SMILES string of the molecule is CCNC(=O)[C@H](C)NC(=O)c1ccc2ccccc2n1. The highest BCUT2D eigenvalue weighted by atomic mass is 16.2. The van der Waals surface area contributed by atoms with Crippen molar-refractivity contribution >= 4 is 22.7 Å². The minimum absolute atomic E-state index is 0.207. The topological polar surface area (TPSA) is 71.1 Å². The molecule has 0 fully saturated rings. The Morgan fingerprint density at radius 1 is 1.20 bits per heavy atom. The number of fused-ring (bicyclic) bond motifs is 1. The van der Waals surface area contributed by atoms with Gasteiger partial charge in [-0.1, -0.05) is 24.3 Å². The molecule has 0 aliphatic heterocycles. The number of amides is 2. The molecule has 2 aromatic rings. The third kappa shape index (κ3) is 3.12. The van der Waals surface area contributed by atoms with Gasteiger partial charge in [-0.15, -0.1) is 0 Å². The molecule has 104 valence electrons. The van der Waals surface area contributed by atoms with Crippen molar-refractivity contribution in [3.8, 4) is 0 Å². The van der Waals surface area contributed by atoms with Crippen molar-refractivity contribution in [1.82, 2.24) is 15.6 Å². The first-order valence-corrected chi connectivity index (χ1v) is 6.56. The van der Waals surface area contributed by atoms with Crippen molar-refractivity contribution in [2.24, 2.45) is 0 Å². The lowest BCUT2D eigenvalue weighted by Crippen LogP contribution is -2.44. The van der Waals surface area contributed by atoms with Crippen LogP contribution in [0.3, 0.4) is 0 Å². The van der Waals surface area contributed by atoms with E-state index in [2.05, 4.69) is 15.6 Å². The maximum Gasteiger partial charge on any atom is 0.270 e. The van der Waals surface area contributed by atoms with E-state index in [1.807, 2.05) is 37.3 Å². The maximum atomic E-state index is 12.1. The molecule has 0 unspecified atom stereocenters. The molecule has 0 aliphatic rings. The molecule has 0 spiro atoms. The van der Waals surface area contributed by atoms with Crippen LogP contribution in [0.4, 0.5) is 0 Å². The molecule has 0 aliphatic carbocycles. The van der Waals surface area contributed by atoms with Crippen LogP contribution in [0.5, 0.6) is 0 Å². The monoisotopic (exact) mass is 271 g/mol. The summed E-state index contributed by atoms with van der Waals surface area (Å²) in [5.74, 6) is -0.559. The molecule has 2 amide bonds. The number of pyridine rings is 1. The van der Waals surface area contributed by atoms with Crippen molar-refractivity contribution in [1.29, 1.82) is 0 Å². The molecular formula is C15H17N3O2. The number of rotatable bonds is 4. The summed E-state index contributed by atoms with van der Waals surface area (Å²) in [5.41, 5.74) is 1.06. The fraction of sp³-hybridized carbons (Fsp3) is 0.267. The summed E-state index contributed by atoms with van der Waals surface area (Å²) in [5, 5.41) is 6.26. The summed E-state index contributed by atoms with van der Waals surface area (Å²) >= 11 is 0. The van der Waals surface area contributed by atoms with Gasteiger partial charge in [-0.2, -0.15) is 0 Å². The van der Waals surface area contributed by atoms with Gasteiger partial charge in [0.15, 0.2) is 0 Å². The zero-order valence-electron chi connectivity index (χ0n) is 11.5. The Bertz CT molecular complexity index is 640. The van der Waals surface area contributed by atoms with E-state index in [1.54, 1.807) is 13.0 Å². The predicted molar refractivity (Wildman–Crippen MR) is 77.4 cm³/mol. The third-order valence-corrected chi connectivity index (χ3v) is 2.92. The second-order valence-corrected chi connectivity index (χ2v) is 4.48. The van der Waals surface area contributed by atoms with E-state index < -0.39 is 6.04 Å². The molecule has 0 radical (unpaired) electrons. The van der Waals surface area contributed by atoms with Gasteiger partial charge in [-0.25, -0.2) is 4.98 Å². The molecule has 5 heteroatoms. The van der Waals surface area contributed by atoms with Gasteiger partial charge < -0.3 is 10.6 Å². The molecular weight excluding hydrogens is 254 g/mol. The van der Waals surface area contributed by atoms with E-state index in [0.717, 1.165) is 10.9 Å². The molecule has 5 nitrogen and oxygen atoms in total. The number of aromatic nitrogens is 1. The molecule has 1 aromatic heterocycles. The minimum atomic E-state index is -0.587. The second kappa shape index (κ2) is 6.14. The summed E-state index contributed by atoms with van der Waals surface area (Å²) in [6.07, 6.45) is 0. The van der Waals surface area contributed by atoms with E-state index in [-0.39, 0.29) is 11.8 Å². The highest BCUT2D eigenvalue weighted by Crippen LogP contribution is 2.11. The fourth-order valence-corrected chi connectivity index (χ4v) is 1.86. The van der Waals surface area contributed by atoms with Crippen LogP contribution in [0.1, 0.15) is 24.3 Å². The molecule has 2 N–H and O–H groups in total. The first-order chi connectivity index (χ1) is 9.61. The summed E-state index contributed by atoms with van der Waals surface area (Å²) in [7, 11) is 0. The van der Waals surface area contributed by atoms with Crippen molar-refractivity contribution < 1.29 is 9.59 Å². The van der Waals surface area contributed by atoms with Gasteiger partial charge in [0, 0.05) is 11.9 Å². The largest absolute Gasteiger partial charge is 0.355 e. The van der Waals surface area contributed by atoms with E-state index in [9.17, 15) is 9.59 Å². The van der Waals surface area contributed by atoms with Gasteiger partial charge in [-0.3, -0.25) is 9.59 Å². The van der Waals surface area contributed by atoms with Crippen molar-refractivity contribution in [2.75, 3.05) is 6.54 Å². The van der Waals surface area contributed by atoms with Crippen LogP contribution >= 0.6 is 0 Å². The van der Waals surface area contributed by atoms with Crippen LogP contribution in [0.2, 0.25) is 0 Å². The molecule has 20 heavy (non-hydrogen) atoms. The van der Waals surface area contributed by atoms with E-state index in [4.69, 9.17) is 0 Å². The lowest BCUT2D eigenvalue weighted by molar-refractivity contribution is -0.122. The van der Waals surface area contributed by atoms with E-state index in [0.29, 0.717) is 12.2 Å². The van der Waals surface area contributed by atoms with E-state index in [1.165, 1.54) is 0 Å². The highest BCUT2D eigenvalue weighted by molar-refractivity contribution is 5.97. The van der Waals surface area contributed by atoms with Gasteiger partial charge in [0.05, 0.1) is 5.52 Å². The first kappa shape index (κ1) is 14.0. The Labute approximate surface area is 117 Å². The summed E-state index contributed by atoms with van der Waals surface area (Å²) in [4.78, 5) is 27.9. The number of para-hydroxylation sites is 1. The molecule has 1 heterocycles. The van der Waals surface area contributed by atoms with Gasteiger partial charge in [-0.05, 0) is 26.0 Å². The van der Waals surface area contributed by atoms with Gasteiger partial charge in [0.25, 0.3) is 5.91 Å². The number of hydrogen-bond acceptors (Lipinski definition) is 3. The van der Waals surface area contributed by atoms with Crippen LogP contribution in [0, 0.1) is 0 Å². The Balaban J connectivity index is 2.13. The quantitative estimate of drug-likeness (QED) is 0.885. The third-order valence-electron chi connectivity index (χ3n) is 2.92. The highest BCUT2D eigenvalue weighted by Gasteiger charge is 2.16. The number of carbonyl (C=O) groups is 2. The van der Waals surface area contributed by atoms with Gasteiger partial charge in [0.1, 0.15) is 11.7 Å². The van der Waals surface area contributed by atoms with Crippen molar-refractivity contribution in [2.45, 2.75) is 19.9 Å². The van der Waals surface area contributed by atoms with Gasteiger partial charge >= 0.3 is 0 Å². The Morgan fingerprint density at radius 3 is 2.70 bits per heavy atom. The zero-order chi connectivity index (χ0) is 14.5. The minimum Gasteiger partial charge on any atom is -0.355 e. The standard InChI is InChI=1S/C15H17N3O2/c1-3-16-14(19)10(2)17-15(20)13-9-8-11-6-4-5-7-12(11)18-13/h4-10H,3H2,1-2H3,(H,16,19)(H,17,20)/t10-/m0/s1. The van der Waals surface area contributed by atoms with Crippen molar-refractivity contribution in [3.63, 3.8) is 0 Å². The predicted octanol–water partition coefficient (Wildman–Crippen LogP) is 1.49. The summed E-state index contributed by atoms with van der Waals surface area (Å²) < 4.78 is 0. The summed E-state index contributed by atoms with van der Waals surface area (Å²) in [6.45, 7) is 4.01. The number of nitrogens with one attached hydrogen (secondary N) is 2. The average molecular weight is 271 g/mol. The number of nitrogens with zero attached hydrogens (tertiary/aromatic N) is 1. The molecule has 1 aromatic carbocycles.